The number of aromatic nitrogens is 1. The molecule has 1 aromatic heterocycles. The maximum absolute atomic E-state index is 12.1. The third-order valence-electron chi connectivity index (χ3n) is 3.62. The molecule has 1 saturated heterocycles. The number of carbonyl (C=O) groups excluding carboxylic acids is 1. The fourth-order valence-corrected chi connectivity index (χ4v) is 2.52. The maximum Gasteiger partial charge on any atom is 0.410 e. The molecule has 1 N–H and O–H groups in total. The predicted molar refractivity (Wildman–Crippen MR) is 87.2 cm³/mol. The zero-order valence-corrected chi connectivity index (χ0v) is 14.3. The van der Waals surface area contributed by atoms with Crippen molar-refractivity contribution in [3.05, 3.63) is 23.9 Å². The summed E-state index contributed by atoms with van der Waals surface area (Å²) < 4.78 is 11.0. The van der Waals surface area contributed by atoms with E-state index in [0.717, 1.165) is 12.8 Å². The quantitative estimate of drug-likeness (QED) is 0.909. The molecule has 1 amide bonds. The highest BCUT2D eigenvalue weighted by molar-refractivity contribution is 5.87. The minimum Gasteiger partial charge on any atom is -0.478 e. The van der Waals surface area contributed by atoms with Gasteiger partial charge in [0.2, 0.25) is 5.88 Å². The minimum atomic E-state index is -1.02. The van der Waals surface area contributed by atoms with E-state index in [9.17, 15) is 9.59 Å². The largest absolute Gasteiger partial charge is 0.478 e. The summed E-state index contributed by atoms with van der Waals surface area (Å²) in [5.74, 6) is -0.568. The molecule has 24 heavy (non-hydrogen) atoms. The first-order chi connectivity index (χ1) is 11.2. The minimum absolute atomic E-state index is 0.138. The number of aromatic carboxylic acids is 1. The van der Waals surface area contributed by atoms with Crippen LogP contribution in [0.2, 0.25) is 0 Å². The highest BCUT2D eigenvalue weighted by Gasteiger charge is 2.28. The van der Waals surface area contributed by atoms with Gasteiger partial charge in [-0.1, -0.05) is 0 Å². The Balaban J connectivity index is 1.88. The first kappa shape index (κ1) is 18.0. The second kappa shape index (κ2) is 7.51. The fourth-order valence-electron chi connectivity index (χ4n) is 2.52. The van der Waals surface area contributed by atoms with Crippen molar-refractivity contribution < 1.29 is 24.2 Å². The number of carbonyl (C=O) groups is 2. The molecule has 1 unspecified atom stereocenters. The molecule has 0 bridgehead atoms. The Morgan fingerprint density at radius 2 is 2.17 bits per heavy atom. The second-order valence-electron chi connectivity index (χ2n) is 6.93. The van der Waals surface area contributed by atoms with Crippen LogP contribution in [-0.4, -0.2) is 52.4 Å². The number of amides is 1. The Labute approximate surface area is 141 Å². The van der Waals surface area contributed by atoms with Crippen molar-refractivity contribution in [3.8, 4) is 5.88 Å². The van der Waals surface area contributed by atoms with Gasteiger partial charge in [-0.05, 0) is 39.7 Å². The van der Waals surface area contributed by atoms with E-state index in [1.807, 2.05) is 20.8 Å². The number of rotatable bonds is 4. The van der Waals surface area contributed by atoms with E-state index >= 15 is 0 Å². The van der Waals surface area contributed by atoms with Crippen LogP contribution in [0.4, 0.5) is 4.79 Å². The summed E-state index contributed by atoms with van der Waals surface area (Å²) in [6.07, 6.45) is 2.93. The zero-order valence-electron chi connectivity index (χ0n) is 14.3. The lowest BCUT2D eigenvalue weighted by Crippen LogP contribution is -2.44. The number of likely N-dealkylation sites (tertiary alicyclic amines) is 1. The molecule has 7 nitrogen and oxygen atoms in total. The van der Waals surface area contributed by atoms with Crippen molar-refractivity contribution in [2.24, 2.45) is 5.92 Å². The van der Waals surface area contributed by atoms with Gasteiger partial charge in [0.15, 0.2) is 0 Å². The topological polar surface area (TPSA) is 89.0 Å². The summed E-state index contributed by atoms with van der Waals surface area (Å²) in [6.45, 7) is 7.16. The third-order valence-corrected chi connectivity index (χ3v) is 3.62. The van der Waals surface area contributed by atoms with Crippen molar-refractivity contribution in [1.29, 1.82) is 0 Å². The van der Waals surface area contributed by atoms with Gasteiger partial charge in [-0.25, -0.2) is 14.6 Å². The van der Waals surface area contributed by atoms with E-state index in [0.29, 0.717) is 19.7 Å². The molecule has 0 spiro atoms. The van der Waals surface area contributed by atoms with E-state index in [1.54, 1.807) is 4.90 Å². The average Bonchev–Trinajstić information content (AvgIpc) is 2.52. The number of piperidine rings is 1. The highest BCUT2D eigenvalue weighted by atomic mass is 16.6. The van der Waals surface area contributed by atoms with Crippen LogP contribution in [0.15, 0.2) is 18.3 Å². The Hall–Kier alpha value is -2.31. The fraction of sp³-hybridized carbons (Fsp3) is 0.588. The molecule has 0 aromatic carbocycles. The van der Waals surface area contributed by atoms with E-state index < -0.39 is 11.6 Å². The lowest BCUT2D eigenvalue weighted by molar-refractivity contribution is 0.0138. The smallest absolute Gasteiger partial charge is 0.410 e. The van der Waals surface area contributed by atoms with Gasteiger partial charge in [0.25, 0.3) is 0 Å². The second-order valence-corrected chi connectivity index (χ2v) is 6.93. The summed E-state index contributed by atoms with van der Waals surface area (Å²) in [5.41, 5.74) is -0.374. The van der Waals surface area contributed by atoms with Gasteiger partial charge >= 0.3 is 12.1 Å². The van der Waals surface area contributed by atoms with Crippen LogP contribution < -0.4 is 4.74 Å². The molecule has 1 aromatic rings. The van der Waals surface area contributed by atoms with Crippen LogP contribution in [0.3, 0.4) is 0 Å². The normalized spacial score (nSPS) is 18.1. The van der Waals surface area contributed by atoms with Gasteiger partial charge in [0.05, 0.1) is 12.2 Å². The number of pyridine rings is 1. The SMILES string of the molecule is CC(C)(C)OC(=O)N1CCCC(COc2cc(C(=O)O)ccn2)C1. The number of nitrogens with zero attached hydrogens (tertiary/aromatic N) is 2. The maximum atomic E-state index is 12.1. The molecule has 0 saturated carbocycles. The molecule has 132 valence electrons. The van der Waals surface area contributed by atoms with Crippen LogP contribution >= 0.6 is 0 Å². The summed E-state index contributed by atoms with van der Waals surface area (Å²) in [5, 5.41) is 8.97. The van der Waals surface area contributed by atoms with Gasteiger partial charge in [-0.2, -0.15) is 0 Å². The molecular formula is C17H24N2O5. The van der Waals surface area contributed by atoms with Crippen molar-refractivity contribution in [3.63, 3.8) is 0 Å². The molecule has 0 radical (unpaired) electrons. The number of hydrogen-bond acceptors (Lipinski definition) is 5. The Bertz CT molecular complexity index is 597. The summed E-state index contributed by atoms with van der Waals surface area (Å²) in [6, 6.07) is 2.82. The van der Waals surface area contributed by atoms with Crippen LogP contribution in [-0.2, 0) is 4.74 Å². The van der Waals surface area contributed by atoms with Gasteiger partial charge in [0.1, 0.15) is 5.60 Å². The average molecular weight is 336 g/mol. The van der Waals surface area contributed by atoms with Gasteiger partial charge in [-0.15, -0.1) is 0 Å². The van der Waals surface area contributed by atoms with E-state index in [2.05, 4.69) is 4.98 Å². The standard InChI is InChI=1S/C17H24N2O5/c1-17(2,3)24-16(22)19-8-4-5-12(10-19)11-23-14-9-13(15(20)21)6-7-18-14/h6-7,9,12H,4-5,8,10-11H2,1-3H3,(H,20,21). The molecule has 1 aliphatic heterocycles. The molecule has 1 atom stereocenters. The third kappa shape index (κ3) is 5.40. The molecule has 2 heterocycles. The molecule has 7 heteroatoms. The number of hydrogen-bond donors (Lipinski definition) is 1. The number of carboxylic acids is 1. The lowest BCUT2D eigenvalue weighted by atomic mass is 9.99. The van der Waals surface area contributed by atoms with Crippen LogP contribution in [0, 0.1) is 5.92 Å². The van der Waals surface area contributed by atoms with Crippen molar-refractivity contribution >= 4 is 12.1 Å². The lowest BCUT2D eigenvalue weighted by Gasteiger charge is -2.33. The number of carboxylic acid groups (broad SMARTS) is 1. The van der Waals surface area contributed by atoms with Crippen LogP contribution in [0.1, 0.15) is 44.0 Å². The Kier molecular flexibility index (Phi) is 5.64. The van der Waals surface area contributed by atoms with Gasteiger partial charge in [0, 0.05) is 31.3 Å². The van der Waals surface area contributed by atoms with Crippen molar-refractivity contribution in [2.45, 2.75) is 39.2 Å². The highest BCUT2D eigenvalue weighted by Crippen LogP contribution is 2.20. The van der Waals surface area contributed by atoms with E-state index in [1.165, 1.54) is 18.3 Å². The van der Waals surface area contributed by atoms with Crippen molar-refractivity contribution in [1.82, 2.24) is 9.88 Å². The van der Waals surface area contributed by atoms with Gasteiger partial charge in [-0.3, -0.25) is 0 Å². The van der Waals surface area contributed by atoms with E-state index in [4.69, 9.17) is 14.6 Å². The van der Waals surface area contributed by atoms with Crippen molar-refractivity contribution in [2.75, 3.05) is 19.7 Å². The zero-order chi connectivity index (χ0) is 17.7. The van der Waals surface area contributed by atoms with Crippen LogP contribution in [0.5, 0.6) is 5.88 Å². The number of ether oxygens (including phenoxy) is 2. The summed E-state index contributed by atoms with van der Waals surface area (Å²) in [7, 11) is 0. The Morgan fingerprint density at radius 3 is 2.83 bits per heavy atom. The molecule has 0 aliphatic carbocycles. The predicted octanol–water partition coefficient (Wildman–Crippen LogP) is 2.81. The first-order valence-corrected chi connectivity index (χ1v) is 8.04. The monoisotopic (exact) mass is 336 g/mol. The Morgan fingerprint density at radius 1 is 1.42 bits per heavy atom. The van der Waals surface area contributed by atoms with Crippen LogP contribution in [0.25, 0.3) is 0 Å². The van der Waals surface area contributed by atoms with Gasteiger partial charge < -0.3 is 19.5 Å². The molecule has 2 rings (SSSR count). The molecular weight excluding hydrogens is 312 g/mol. The molecule has 1 aliphatic rings. The van der Waals surface area contributed by atoms with E-state index in [-0.39, 0.29) is 23.5 Å². The first-order valence-electron chi connectivity index (χ1n) is 8.04. The molecule has 1 fully saturated rings. The summed E-state index contributed by atoms with van der Waals surface area (Å²) >= 11 is 0. The summed E-state index contributed by atoms with van der Waals surface area (Å²) in [4.78, 5) is 28.8.